The molecule has 5 nitrogen and oxygen atoms in total. The van der Waals surface area contributed by atoms with E-state index < -0.39 is 0 Å². The number of likely N-dealkylation sites (tertiary alicyclic amines) is 1. The van der Waals surface area contributed by atoms with E-state index in [2.05, 4.69) is 22.3 Å². The summed E-state index contributed by atoms with van der Waals surface area (Å²) in [5.74, 6) is 0.454. The van der Waals surface area contributed by atoms with Gasteiger partial charge in [0.1, 0.15) is 12.4 Å². The van der Waals surface area contributed by atoms with Gasteiger partial charge >= 0.3 is 0 Å². The summed E-state index contributed by atoms with van der Waals surface area (Å²) >= 11 is 0. The van der Waals surface area contributed by atoms with E-state index in [9.17, 15) is 4.79 Å². The summed E-state index contributed by atoms with van der Waals surface area (Å²) in [5.41, 5.74) is 2.62. The zero-order chi connectivity index (χ0) is 19.9. The van der Waals surface area contributed by atoms with Crippen LogP contribution in [0.25, 0.3) is 0 Å². The van der Waals surface area contributed by atoms with Crippen LogP contribution in [0.4, 0.5) is 5.69 Å². The average Bonchev–Trinajstić information content (AvgIpc) is 3.45. The molecule has 2 aromatic rings. The molecule has 0 spiro atoms. The van der Waals surface area contributed by atoms with E-state index in [4.69, 9.17) is 9.47 Å². The Morgan fingerprint density at radius 2 is 1.97 bits per heavy atom. The van der Waals surface area contributed by atoms with Gasteiger partial charge in [-0.1, -0.05) is 24.3 Å². The Labute approximate surface area is 173 Å². The van der Waals surface area contributed by atoms with Gasteiger partial charge in [0.05, 0.1) is 11.7 Å². The topological polar surface area (TPSA) is 50.8 Å². The van der Waals surface area contributed by atoms with Crippen LogP contribution in [0.2, 0.25) is 0 Å². The molecule has 0 bridgehead atoms. The molecule has 5 heteroatoms. The van der Waals surface area contributed by atoms with Gasteiger partial charge in [0.25, 0.3) is 5.91 Å². The normalized spacial score (nSPS) is 19.4. The second-order valence-corrected chi connectivity index (χ2v) is 7.90. The number of nitrogens with one attached hydrogen (secondary N) is 1. The lowest BCUT2D eigenvalue weighted by molar-refractivity contribution is 0.0673. The highest BCUT2D eigenvalue weighted by molar-refractivity contribution is 6.06. The van der Waals surface area contributed by atoms with Crippen molar-refractivity contribution in [1.29, 1.82) is 0 Å². The van der Waals surface area contributed by atoms with Crippen LogP contribution < -0.4 is 10.1 Å². The molecule has 2 fully saturated rings. The lowest BCUT2D eigenvalue weighted by Crippen LogP contribution is -2.22. The van der Waals surface area contributed by atoms with Gasteiger partial charge in [-0.2, -0.15) is 0 Å². The molecule has 4 rings (SSSR count). The lowest BCUT2D eigenvalue weighted by Gasteiger charge is -2.16. The first-order chi connectivity index (χ1) is 14.3. The molecule has 1 atom stereocenters. The molecule has 29 heavy (non-hydrogen) atoms. The first-order valence-electron chi connectivity index (χ1n) is 10.7. The van der Waals surface area contributed by atoms with Crippen molar-refractivity contribution in [2.45, 2.75) is 38.2 Å². The molecule has 2 heterocycles. The molecule has 1 N–H and O–H groups in total. The molecule has 1 amide bonds. The number of rotatable bonds is 8. The van der Waals surface area contributed by atoms with Crippen LogP contribution in [-0.4, -0.2) is 49.8 Å². The van der Waals surface area contributed by atoms with Crippen LogP contribution >= 0.6 is 0 Å². The van der Waals surface area contributed by atoms with Gasteiger partial charge < -0.3 is 19.7 Å². The molecule has 154 valence electrons. The Kier molecular flexibility index (Phi) is 6.80. The van der Waals surface area contributed by atoms with Crippen molar-refractivity contribution in [3.05, 3.63) is 59.7 Å². The molecular weight excluding hydrogens is 364 g/mol. The Morgan fingerprint density at radius 1 is 1.10 bits per heavy atom. The van der Waals surface area contributed by atoms with Gasteiger partial charge in [-0.15, -0.1) is 0 Å². The standard InChI is InChI=1S/C24H30N2O3/c27-24(22-10-1-2-11-23(22)29-18-21-9-6-16-28-21)25-20-8-5-7-19(17-20)12-15-26-13-3-4-14-26/h1-2,5,7-8,10-11,17,21H,3-4,6,9,12-16,18H2,(H,25,27)/t21-/m0/s1. The van der Waals surface area contributed by atoms with Crippen molar-refractivity contribution >= 4 is 11.6 Å². The summed E-state index contributed by atoms with van der Waals surface area (Å²) in [6.07, 6.45) is 5.83. The van der Waals surface area contributed by atoms with Crippen LogP contribution in [0, 0.1) is 0 Å². The van der Waals surface area contributed by atoms with Crippen LogP contribution in [0.1, 0.15) is 41.6 Å². The highest BCUT2D eigenvalue weighted by atomic mass is 16.5. The molecule has 0 unspecified atom stereocenters. The minimum absolute atomic E-state index is 0.124. The second kappa shape index (κ2) is 9.90. The number of amides is 1. The van der Waals surface area contributed by atoms with Crippen LogP contribution in [0.5, 0.6) is 5.75 Å². The summed E-state index contributed by atoms with van der Waals surface area (Å²) < 4.78 is 11.5. The summed E-state index contributed by atoms with van der Waals surface area (Å²) in [6.45, 7) is 4.77. The molecule has 2 aromatic carbocycles. The third-order valence-corrected chi connectivity index (χ3v) is 5.68. The lowest BCUT2D eigenvalue weighted by atomic mass is 10.1. The zero-order valence-corrected chi connectivity index (χ0v) is 16.9. The minimum atomic E-state index is -0.148. The minimum Gasteiger partial charge on any atom is -0.490 e. The number of para-hydroxylation sites is 1. The van der Waals surface area contributed by atoms with Crippen LogP contribution in [-0.2, 0) is 11.2 Å². The fraction of sp³-hybridized carbons (Fsp3) is 0.458. The van der Waals surface area contributed by atoms with Crippen molar-refractivity contribution in [3.8, 4) is 5.75 Å². The predicted molar refractivity (Wildman–Crippen MR) is 115 cm³/mol. The summed E-state index contributed by atoms with van der Waals surface area (Å²) in [5, 5.41) is 3.03. The molecule has 2 aliphatic heterocycles. The summed E-state index contributed by atoms with van der Waals surface area (Å²) in [4.78, 5) is 15.4. The molecule has 2 saturated heterocycles. The van der Waals surface area contributed by atoms with Crippen molar-refractivity contribution in [2.24, 2.45) is 0 Å². The third kappa shape index (κ3) is 5.58. The first kappa shape index (κ1) is 19.9. The van der Waals surface area contributed by atoms with Gasteiger partial charge in [-0.25, -0.2) is 0 Å². The maximum atomic E-state index is 12.9. The molecule has 2 aliphatic rings. The molecule has 0 aliphatic carbocycles. The predicted octanol–water partition coefficient (Wildman–Crippen LogP) is 4.14. The van der Waals surface area contributed by atoms with Crippen molar-refractivity contribution in [1.82, 2.24) is 4.90 Å². The van der Waals surface area contributed by atoms with Gasteiger partial charge in [0.15, 0.2) is 0 Å². The highest BCUT2D eigenvalue weighted by Gasteiger charge is 2.18. The summed E-state index contributed by atoms with van der Waals surface area (Å²) in [7, 11) is 0. The van der Waals surface area contributed by atoms with Crippen molar-refractivity contribution < 1.29 is 14.3 Å². The number of hydrogen-bond donors (Lipinski definition) is 1. The van der Waals surface area contributed by atoms with Crippen LogP contribution in [0.3, 0.4) is 0 Å². The fourth-order valence-corrected chi connectivity index (χ4v) is 4.04. The fourth-order valence-electron chi connectivity index (χ4n) is 4.04. The van der Waals surface area contributed by atoms with Gasteiger partial charge in [0.2, 0.25) is 0 Å². The number of anilines is 1. The van der Waals surface area contributed by atoms with E-state index in [-0.39, 0.29) is 12.0 Å². The van der Waals surface area contributed by atoms with Gasteiger partial charge in [-0.05, 0) is 75.0 Å². The smallest absolute Gasteiger partial charge is 0.259 e. The zero-order valence-electron chi connectivity index (χ0n) is 16.9. The summed E-state index contributed by atoms with van der Waals surface area (Å²) in [6, 6.07) is 15.5. The molecule has 0 saturated carbocycles. The number of carbonyl (C=O) groups is 1. The Hall–Kier alpha value is -2.37. The molecule has 0 radical (unpaired) electrons. The number of hydrogen-bond acceptors (Lipinski definition) is 4. The SMILES string of the molecule is O=C(Nc1cccc(CCN2CCCC2)c1)c1ccccc1OC[C@@H]1CCCO1. The van der Waals surface area contributed by atoms with E-state index in [0.717, 1.165) is 38.1 Å². The van der Waals surface area contributed by atoms with Gasteiger partial charge in [0, 0.05) is 18.8 Å². The second-order valence-electron chi connectivity index (χ2n) is 7.90. The largest absolute Gasteiger partial charge is 0.490 e. The number of nitrogens with zero attached hydrogens (tertiary/aromatic N) is 1. The van der Waals surface area contributed by atoms with Gasteiger partial charge in [-0.3, -0.25) is 4.79 Å². The van der Waals surface area contributed by atoms with E-state index in [0.29, 0.717) is 17.9 Å². The van der Waals surface area contributed by atoms with E-state index in [1.807, 2.05) is 30.3 Å². The number of ether oxygens (including phenoxy) is 2. The Balaban J connectivity index is 1.36. The first-order valence-corrected chi connectivity index (χ1v) is 10.7. The highest BCUT2D eigenvalue weighted by Crippen LogP contribution is 2.22. The van der Waals surface area contributed by atoms with Crippen molar-refractivity contribution in [3.63, 3.8) is 0 Å². The van der Waals surface area contributed by atoms with E-state index in [1.165, 1.54) is 31.5 Å². The Bertz CT molecular complexity index is 811. The monoisotopic (exact) mass is 394 g/mol. The van der Waals surface area contributed by atoms with Crippen molar-refractivity contribution in [2.75, 3.05) is 38.2 Å². The third-order valence-electron chi connectivity index (χ3n) is 5.68. The maximum Gasteiger partial charge on any atom is 0.259 e. The molecule has 0 aromatic heterocycles. The van der Waals surface area contributed by atoms with E-state index >= 15 is 0 Å². The average molecular weight is 395 g/mol. The number of benzene rings is 2. The maximum absolute atomic E-state index is 12.9. The van der Waals surface area contributed by atoms with E-state index in [1.54, 1.807) is 6.07 Å². The van der Waals surface area contributed by atoms with Crippen LogP contribution in [0.15, 0.2) is 48.5 Å². The quantitative estimate of drug-likeness (QED) is 0.731. The Morgan fingerprint density at radius 3 is 2.79 bits per heavy atom. The molecular formula is C24H30N2O3. The number of carbonyl (C=O) groups excluding carboxylic acids is 1.